The molecule has 6 heteroatoms. The topological polar surface area (TPSA) is 58.6 Å². The summed E-state index contributed by atoms with van der Waals surface area (Å²) in [6.07, 6.45) is 0. The highest BCUT2D eigenvalue weighted by Crippen LogP contribution is 2.30. The molecule has 32 heavy (non-hydrogen) atoms. The van der Waals surface area contributed by atoms with E-state index in [-0.39, 0.29) is 10.9 Å². The smallest absolute Gasteiger partial charge is 0.261 e. The third kappa shape index (κ3) is 5.38. The minimum atomic E-state index is -3.73. The monoisotopic (exact) mass is 446 g/mol. The van der Waals surface area contributed by atoms with E-state index < -0.39 is 10.0 Å². The van der Waals surface area contributed by atoms with E-state index in [1.807, 2.05) is 55.5 Å². The van der Waals surface area contributed by atoms with Gasteiger partial charge in [-0.25, -0.2) is 8.42 Å². The third-order valence-corrected chi connectivity index (χ3v) is 6.75. The molecule has 1 atom stereocenters. The Bertz CT molecular complexity index is 1210. The molecule has 0 saturated carbocycles. The van der Waals surface area contributed by atoms with E-state index in [2.05, 4.69) is 21.5 Å². The molecule has 0 aliphatic carbocycles. The zero-order chi connectivity index (χ0) is 22.4. The molecule has 1 heterocycles. The molecule has 1 fully saturated rings. The molecule has 3 aromatic carbocycles. The lowest BCUT2D eigenvalue weighted by molar-refractivity contribution is 0.0271. The molecule has 0 spiro atoms. The molecule has 0 amide bonds. The molecule has 4 rings (SSSR count). The number of morpholine rings is 1. The van der Waals surface area contributed by atoms with Crippen molar-refractivity contribution in [1.29, 1.82) is 0 Å². The minimum Gasteiger partial charge on any atom is -0.379 e. The second-order valence-corrected chi connectivity index (χ2v) is 9.37. The SMILES string of the molecule is Cc1ccc(S(=O)(=O)Nc2ccccc2[C@H](C#Cc2ccccc2)N2CCOCC2)cc1. The number of nitrogens with zero attached hydrogens (tertiary/aromatic N) is 1. The molecule has 5 nitrogen and oxygen atoms in total. The predicted molar refractivity (Wildman–Crippen MR) is 127 cm³/mol. The number of sulfonamides is 1. The molecular formula is C26H26N2O3S. The van der Waals surface area contributed by atoms with Crippen LogP contribution in [-0.4, -0.2) is 39.6 Å². The van der Waals surface area contributed by atoms with Crippen LogP contribution in [0.4, 0.5) is 5.69 Å². The summed E-state index contributed by atoms with van der Waals surface area (Å²) in [6.45, 7) is 4.64. The second-order valence-electron chi connectivity index (χ2n) is 7.69. The zero-order valence-corrected chi connectivity index (χ0v) is 18.8. The maximum absolute atomic E-state index is 13.1. The summed E-state index contributed by atoms with van der Waals surface area (Å²) in [4.78, 5) is 2.47. The van der Waals surface area contributed by atoms with E-state index in [1.165, 1.54) is 0 Å². The highest BCUT2D eigenvalue weighted by molar-refractivity contribution is 7.92. The van der Waals surface area contributed by atoms with Crippen molar-refractivity contribution in [2.75, 3.05) is 31.0 Å². The molecule has 1 saturated heterocycles. The first-order valence-corrected chi connectivity index (χ1v) is 12.1. The summed E-state index contributed by atoms with van der Waals surface area (Å²) in [5, 5.41) is 0. The molecule has 0 unspecified atom stereocenters. The van der Waals surface area contributed by atoms with Crippen molar-refractivity contribution < 1.29 is 13.2 Å². The van der Waals surface area contributed by atoms with Gasteiger partial charge in [0.25, 0.3) is 10.0 Å². The molecule has 1 aliphatic rings. The van der Waals surface area contributed by atoms with Crippen molar-refractivity contribution in [2.45, 2.75) is 17.9 Å². The Morgan fingerprint density at radius 3 is 2.28 bits per heavy atom. The lowest BCUT2D eigenvalue weighted by Crippen LogP contribution is -2.39. The summed E-state index contributed by atoms with van der Waals surface area (Å²) in [7, 11) is -3.73. The number of benzene rings is 3. The average molecular weight is 447 g/mol. The number of anilines is 1. The van der Waals surface area contributed by atoms with Gasteiger partial charge in [-0.3, -0.25) is 9.62 Å². The molecule has 1 N–H and O–H groups in total. The number of ether oxygens (including phenoxy) is 1. The largest absolute Gasteiger partial charge is 0.379 e. The first kappa shape index (κ1) is 22.1. The number of rotatable bonds is 5. The fourth-order valence-electron chi connectivity index (χ4n) is 3.62. The van der Waals surface area contributed by atoms with Crippen molar-refractivity contribution in [1.82, 2.24) is 4.90 Å². The van der Waals surface area contributed by atoms with E-state index in [1.54, 1.807) is 30.3 Å². The van der Waals surface area contributed by atoms with Crippen molar-refractivity contribution in [3.05, 3.63) is 95.6 Å². The van der Waals surface area contributed by atoms with Crippen LogP contribution in [0.25, 0.3) is 0 Å². The van der Waals surface area contributed by atoms with Crippen molar-refractivity contribution in [3.63, 3.8) is 0 Å². The Hall–Kier alpha value is -3.11. The number of para-hydroxylation sites is 1. The van der Waals surface area contributed by atoms with Crippen molar-refractivity contribution in [3.8, 4) is 11.8 Å². The van der Waals surface area contributed by atoms with Crippen LogP contribution in [0.5, 0.6) is 0 Å². The van der Waals surface area contributed by atoms with Crippen LogP contribution in [-0.2, 0) is 14.8 Å². The van der Waals surface area contributed by atoms with Crippen LogP contribution in [0.1, 0.15) is 22.7 Å². The second kappa shape index (κ2) is 10.0. The van der Waals surface area contributed by atoms with E-state index >= 15 is 0 Å². The summed E-state index contributed by atoms with van der Waals surface area (Å²) in [5.74, 6) is 6.64. The molecule has 0 aromatic heterocycles. The predicted octanol–water partition coefficient (Wildman–Crippen LogP) is 4.22. The third-order valence-electron chi connectivity index (χ3n) is 5.37. The molecular weight excluding hydrogens is 420 g/mol. The van der Waals surface area contributed by atoms with Gasteiger partial charge in [-0.15, -0.1) is 0 Å². The summed E-state index contributed by atoms with van der Waals surface area (Å²) < 4.78 is 34.4. The van der Waals surface area contributed by atoms with Crippen LogP contribution in [0.3, 0.4) is 0 Å². The van der Waals surface area contributed by atoms with Crippen LogP contribution >= 0.6 is 0 Å². The maximum atomic E-state index is 13.1. The lowest BCUT2D eigenvalue weighted by Gasteiger charge is -2.32. The van der Waals surface area contributed by atoms with E-state index in [9.17, 15) is 8.42 Å². The fraction of sp³-hybridized carbons (Fsp3) is 0.231. The van der Waals surface area contributed by atoms with Gasteiger partial charge in [-0.2, -0.15) is 0 Å². The van der Waals surface area contributed by atoms with Crippen LogP contribution < -0.4 is 4.72 Å². The normalized spacial score (nSPS) is 15.4. The van der Waals surface area contributed by atoms with Crippen molar-refractivity contribution >= 4 is 15.7 Å². The molecule has 164 valence electrons. The van der Waals surface area contributed by atoms with Gasteiger partial charge >= 0.3 is 0 Å². The summed E-state index contributed by atoms with van der Waals surface area (Å²) >= 11 is 0. The Labute approximate surface area is 190 Å². The number of nitrogens with one attached hydrogen (secondary N) is 1. The van der Waals surface area contributed by atoms with Crippen LogP contribution in [0.15, 0.2) is 83.8 Å². The van der Waals surface area contributed by atoms with E-state index in [0.717, 1.165) is 29.8 Å². The van der Waals surface area contributed by atoms with Gasteiger partial charge in [0.1, 0.15) is 0 Å². The highest BCUT2D eigenvalue weighted by Gasteiger charge is 2.25. The minimum absolute atomic E-state index is 0.233. The van der Waals surface area contributed by atoms with Crippen molar-refractivity contribution in [2.24, 2.45) is 0 Å². The summed E-state index contributed by atoms with van der Waals surface area (Å²) in [5.41, 5.74) is 3.29. The number of hydrogen-bond acceptors (Lipinski definition) is 4. The van der Waals surface area contributed by atoms with Gasteiger partial charge in [0, 0.05) is 24.2 Å². The molecule has 0 bridgehead atoms. The molecule has 3 aromatic rings. The standard InChI is InChI=1S/C26H26N2O3S/c1-21-11-14-23(15-12-21)32(29,30)27-25-10-6-5-9-24(25)26(28-17-19-31-20-18-28)16-13-22-7-3-2-4-8-22/h2-12,14-15,26-27H,17-20H2,1H3/t26-/m0/s1. The first-order chi connectivity index (χ1) is 15.5. The van der Waals surface area contributed by atoms with Crippen LogP contribution in [0, 0.1) is 18.8 Å². The van der Waals surface area contributed by atoms with Crippen LogP contribution in [0.2, 0.25) is 0 Å². The average Bonchev–Trinajstić information content (AvgIpc) is 2.82. The molecule has 0 radical (unpaired) electrons. The quantitative estimate of drug-likeness (QED) is 0.596. The van der Waals surface area contributed by atoms with Gasteiger partial charge in [0.2, 0.25) is 0 Å². The molecule has 1 aliphatic heterocycles. The van der Waals surface area contributed by atoms with Gasteiger partial charge < -0.3 is 4.74 Å². The van der Waals surface area contributed by atoms with E-state index in [4.69, 9.17) is 4.74 Å². The van der Waals surface area contributed by atoms with Gasteiger partial charge in [-0.05, 0) is 37.3 Å². The van der Waals surface area contributed by atoms with Gasteiger partial charge in [0.15, 0.2) is 0 Å². The zero-order valence-electron chi connectivity index (χ0n) is 18.0. The Kier molecular flexibility index (Phi) is 6.91. The number of aryl methyl sites for hydroxylation is 1. The first-order valence-electron chi connectivity index (χ1n) is 10.6. The van der Waals surface area contributed by atoms with E-state index in [0.29, 0.717) is 18.9 Å². The summed E-state index contributed by atoms with van der Waals surface area (Å²) in [6, 6.07) is 23.8. The maximum Gasteiger partial charge on any atom is 0.261 e. The van der Waals surface area contributed by atoms with Gasteiger partial charge in [0.05, 0.1) is 29.8 Å². The Morgan fingerprint density at radius 2 is 1.56 bits per heavy atom. The van der Waals surface area contributed by atoms with Gasteiger partial charge in [-0.1, -0.05) is 65.9 Å². The lowest BCUT2D eigenvalue weighted by atomic mass is 10.0. The highest BCUT2D eigenvalue weighted by atomic mass is 32.2. The fourth-order valence-corrected chi connectivity index (χ4v) is 4.71. The number of hydrogen-bond donors (Lipinski definition) is 1. The Balaban J connectivity index is 1.70. The Morgan fingerprint density at radius 1 is 0.906 bits per heavy atom.